The van der Waals surface area contributed by atoms with Crippen molar-refractivity contribution in [2.75, 3.05) is 28.3 Å². The number of ether oxygens (including phenoxy) is 10. The first kappa shape index (κ1) is 56.9. The molecule has 2 fully saturated rings. The fraction of sp³-hybridized carbons (Fsp3) is 0.600. The number of carbonyl (C=O) groups excluding carboxylic acids is 5. The van der Waals surface area contributed by atoms with Gasteiger partial charge in [0.15, 0.2) is 30.9 Å². The van der Waals surface area contributed by atoms with Gasteiger partial charge < -0.3 is 52.3 Å². The van der Waals surface area contributed by atoms with Gasteiger partial charge in [0.1, 0.15) is 23.5 Å². The van der Waals surface area contributed by atoms with Crippen LogP contribution in [0.4, 0.5) is 4.79 Å². The molecule has 0 saturated carbocycles. The molecule has 0 spiro atoms. The molecule has 6 rings (SSSR count). The van der Waals surface area contributed by atoms with E-state index in [1.54, 1.807) is 96.1 Å². The van der Waals surface area contributed by atoms with Crippen LogP contribution in [0.25, 0.3) is 0 Å². The summed E-state index contributed by atoms with van der Waals surface area (Å²) in [6, 6.07) is 16.9. The first-order chi connectivity index (χ1) is 34.6. The predicted octanol–water partition coefficient (Wildman–Crippen LogP) is 7.82. The van der Waals surface area contributed by atoms with Gasteiger partial charge in [0, 0.05) is 50.8 Å². The molecule has 18 heteroatoms. The number of imidazole rings is 1. The number of allylic oxidation sites excluding steroid dienone is 1. The first-order valence-corrected chi connectivity index (χ1v) is 25.2. The molecule has 1 aromatic heterocycles. The van der Waals surface area contributed by atoms with Gasteiger partial charge in [0.25, 0.3) is 0 Å². The van der Waals surface area contributed by atoms with E-state index in [0.717, 1.165) is 4.57 Å². The number of benzene rings is 2. The van der Waals surface area contributed by atoms with Crippen molar-refractivity contribution in [3.8, 4) is 0 Å². The number of hydrogen-bond donors (Lipinski definition) is 0. The maximum absolute atomic E-state index is 14.9. The number of carbonyl (C=O) groups is 5. The number of likely N-dealkylation sites (N-methyl/N-ethyl adjacent to an activating group) is 1. The fourth-order valence-corrected chi connectivity index (χ4v) is 10.4. The van der Waals surface area contributed by atoms with Gasteiger partial charge in [-0.25, -0.2) is 23.9 Å². The smallest absolute Gasteiger partial charge is 0.424 e. The number of aromatic nitrogens is 2. The van der Waals surface area contributed by atoms with Crippen molar-refractivity contribution in [2.45, 2.75) is 161 Å². The van der Waals surface area contributed by atoms with Gasteiger partial charge in [0.2, 0.25) is 0 Å². The summed E-state index contributed by atoms with van der Waals surface area (Å²) in [4.78, 5) is 76.2. The minimum atomic E-state index is -1.35. The van der Waals surface area contributed by atoms with E-state index < -0.39 is 108 Å². The highest BCUT2D eigenvalue weighted by atomic mass is 16.7. The molecule has 0 amide bonds. The van der Waals surface area contributed by atoms with Crippen LogP contribution in [0, 0.1) is 23.7 Å². The van der Waals surface area contributed by atoms with Crippen LogP contribution in [-0.2, 0) is 57.0 Å². The molecule has 3 aromatic rings. The lowest BCUT2D eigenvalue weighted by molar-refractivity contribution is -0.318. The Hall–Kier alpha value is -5.34. The van der Waals surface area contributed by atoms with Gasteiger partial charge in [0.05, 0.1) is 53.1 Å². The van der Waals surface area contributed by atoms with Crippen molar-refractivity contribution in [1.82, 2.24) is 14.5 Å². The molecule has 3 aliphatic heterocycles. The molecule has 2 aromatic carbocycles. The Morgan fingerprint density at radius 1 is 0.795 bits per heavy atom. The molecule has 16 atom stereocenters. The van der Waals surface area contributed by atoms with E-state index in [1.807, 2.05) is 45.8 Å². The van der Waals surface area contributed by atoms with Crippen LogP contribution in [0.1, 0.15) is 109 Å². The second-order valence-electron chi connectivity index (χ2n) is 20.4. The number of rotatable bonds is 13. The van der Waals surface area contributed by atoms with Crippen molar-refractivity contribution >= 4 is 29.8 Å². The Balaban J connectivity index is 1.45. The van der Waals surface area contributed by atoms with Gasteiger partial charge in [-0.3, -0.25) is 9.59 Å². The van der Waals surface area contributed by atoms with Crippen molar-refractivity contribution in [3.63, 3.8) is 0 Å². The third-order valence-electron chi connectivity index (χ3n) is 14.6. The lowest BCUT2D eigenvalue weighted by Crippen LogP contribution is -2.61. The van der Waals surface area contributed by atoms with Gasteiger partial charge in [-0.05, 0) is 98.3 Å². The lowest BCUT2D eigenvalue weighted by Gasteiger charge is -2.50. The van der Waals surface area contributed by atoms with E-state index in [0.29, 0.717) is 17.5 Å². The molecule has 0 N–H and O–H groups in total. The number of cyclic esters (lactones) is 1. The van der Waals surface area contributed by atoms with Gasteiger partial charge in [-0.15, -0.1) is 0 Å². The van der Waals surface area contributed by atoms with Gasteiger partial charge in [-0.2, -0.15) is 0 Å². The highest BCUT2D eigenvalue weighted by Gasteiger charge is 2.54. The summed E-state index contributed by atoms with van der Waals surface area (Å²) < 4.78 is 65.9. The molecule has 0 aliphatic carbocycles. The summed E-state index contributed by atoms with van der Waals surface area (Å²) in [5, 5.41) is 0. The van der Waals surface area contributed by atoms with Crippen LogP contribution >= 0.6 is 0 Å². The Morgan fingerprint density at radius 2 is 1.40 bits per heavy atom. The van der Waals surface area contributed by atoms with Crippen LogP contribution in [0.3, 0.4) is 0 Å². The molecule has 3 unspecified atom stereocenters. The zero-order valence-corrected chi connectivity index (χ0v) is 44.5. The number of methoxy groups -OCH3 is 2. The molecule has 3 aliphatic rings. The van der Waals surface area contributed by atoms with Crippen molar-refractivity contribution in [2.24, 2.45) is 23.7 Å². The van der Waals surface area contributed by atoms with Crippen LogP contribution in [-0.4, -0.2) is 145 Å². The summed E-state index contributed by atoms with van der Waals surface area (Å²) >= 11 is 0. The number of esters is 3. The number of Topliss-reactive ketones (excluding diaryl/α,β-unsaturated/α-hetero) is 1. The second kappa shape index (κ2) is 24.8. The number of nitrogens with zero attached hydrogens (tertiary/aromatic N) is 3. The average molecular weight is 1020 g/mol. The topological polar surface area (TPSA) is 199 Å². The minimum absolute atomic E-state index is 0.0282. The standard InChI is InChI=1S/C55H75N3O15/c1-14-41-42(69-53(63)58-26-25-56-31-58)27-32(2)44(59)33(3)29-54(8,64-12)47(73-52-46(40(57(10)11)28-34(4)66-52)71-50(61)38-21-17-15-18-22-38)35(5)45(36(6)49(60)68-41)70-43-30-55(9,65-13)48(37(7)67-43)72-51(62)39-23-19-16-20-24-39/h15-27,31-37,40-41,43,45-48,52H,14,28-30H2,1-13H3/t32?,33-,34-,35+,36-,37+,40+,41-,43?,45+,46-,47-,48+,52?,54+,55-/m1/s1. The summed E-state index contributed by atoms with van der Waals surface area (Å²) in [6.45, 7) is 16.0. The Labute approximate surface area is 429 Å². The average Bonchev–Trinajstić information content (AvgIpc) is 3.93. The zero-order chi connectivity index (χ0) is 53.4. The highest BCUT2D eigenvalue weighted by Crippen LogP contribution is 2.42. The third kappa shape index (κ3) is 13.5. The van der Waals surface area contributed by atoms with E-state index in [1.165, 1.54) is 39.0 Å². The molecule has 18 nitrogen and oxygen atoms in total. The second-order valence-corrected chi connectivity index (χ2v) is 20.4. The van der Waals surface area contributed by atoms with Crippen molar-refractivity contribution in [1.29, 1.82) is 0 Å². The summed E-state index contributed by atoms with van der Waals surface area (Å²) in [6.07, 6.45) is -2.97. The minimum Gasteiger partial charge on any atom is -0.454 e. The summed E-state index contributed by atoms with van der Waals surface area (Å²) in [7, 11) is 6.83. The molecule has 0 bridgehead atoms. The van der Waals surface area contributed by atoms with E-state index >= 15 is 0 Å². The highest BCUT2D eigenvalue weighted by molar-refractivity contribution is 5.90. The summed E-state index contributed by atoms with van der Waals surface area (Å²) in [5.41, 5.74) is -1.80. The largest absolute Gasteiger partial charge is 0.454 e. The molecule has 73 heavy (non-hydrogen) atoms. The monoisotopic (exact) mass is 1020 g/mol. The van der Waals surface area contributed by atoms with E-state index in [4.69, 9.17) is 47.4 Å². The first-order valence-electron chi connectivity index (χ1n) is 25.2. The zero-order valence-electron chi connectivity index (χ0n) is 44.5. The van der Waals surface area contributed by atoms with Crippen molar-refractivity contribution < 1.29 is 71.3 Å². The van der Waals surface area contributed by atoms with E-state index in [-0.39, 0.29) is 43.0 Å². The normalized spacial score (nSPS) is 34.7. The Morgan fingerprint density at radius 3 is 1.96 bits per heavy atom. The molecular formula is C55H75N3O15. The quantitative estimate of drug-likeness (QED) is 0.118. The molecule has 2 saturated heterocycles. The maximum Gasteiger partial charge on any atom is 0.424 e. The molecule has 0 radical (unpaired) electrons. The Kier molecular flexibility index (Phi) is 19.3. The predicted molar refractivity (Wildman–Crippen MR) is 266 cm³/mol. The fourth-order valence-electron chi connectivity index (χ4n) is 10.4. The SMILES string of the molecule is CC[C@H]1OC(=O)[C@H](C)[C@@H](OC2C[C@@](C)(OC)[C@@H](OC(=O)c3ccccc3)[C@H](C)O2)[C@H](C)[C@@H](OC2O[C@H](C)C[C@H](N(C)C)[C@H]2OC(=O)c2ccccc2)[C@@](C)(OC)C[C@@H](C)C(=O)C(C)C=C1OC(=O)n1ccnc1. The molecule has 4 heterocycles. The van der Waals surface area contributed by atoms with Crippen LogP contribution < -0.4 is 0 Å². The van der Waals surface area contributed by atoms with Gasteiger partial charge >= 0.3 is 24.0 Å². The van der Waals surface area contributed by atoms with Crippen LogP contribution in [0.5, 0.6) is 0 Å². The number of hydrogen-bond acceptors (Lipinski definition) is 17. The van der Waals surface area contributed by atoms with Gasteiger partial charge in [-0.1, -0.05) is 64.1 Å². The van der Waals surface area contributed by atoms with Crippen LogP contribution in [0.15, 0.2) is 91.2 Å². The number of ketones is 1. The van der Waals surface area contributed by atoms with Crippen LogP contribution in [0.2, 0.25) is 0 Å². The Bertz CT molecular complexity index is 2350. The summed E-state index contributed by atoms with van der Waals surface area (Å²) in [5.74, 6) is -5.58. The molecular weight excluding hydrogens is 943 g/mol. The lowest BCUT2D eigenvalue weighted by atomic mass is 9.76. The third-order valence-corrected chi connectivity index (χ3v) is 14.6. The molecule has 400 valence electrons. The van der Waals surface area contributed by atoms with E-state index in [2.05, 4.69) is 4.98 Å². The van der Waals surface area contributed by atoms with E-state index in [9.17, 15) is 24.0 Å². The maximum atomic E-state index is 14.9. The van der Waals surface area contributed by atoms with Crippen molar-refractivity contribution in [3.05, 3.63) is 102 Å².